The highest BCUT2D eigenvalue weighted by Gasteiger charge is 2.60. The van der Waals surface area contributed by atoms with Crippen molar-refractivity contribution in [2.45, 2.75) is 18.8 Å². The van der Waals surface area contributed by atoms with Gasteiger partial charge in [0.25, 0.3) is 5.91 Å². The van der Waals surface area contributed by atoms with Gasteiger partial charge in [0.15, 0.2) is 11.8 Å². The van der Waals surface area contributed by atoms with E-state index in [9.17, 15) is 9.59 Å². The number of amides is 1. The van der Waals surface area contributed by atoms with Gasteiger partial charge in [0.1, 0.15) is 12.4 Å². The third kappa shape index (κ3) is 2.83. The van der Waals surface area contributed by atoms with Crippen LogP contribution in [0.5, 0.6) is 5.75 Å². The quantitative estimate of drug-likeness (QED) is 0.835. The normalized spacial score (nSPS) is 24.3. The molecule has 2 atom stereocenters. The van der Waals surface area contributed by atoms with E-state index < -0.39 is 17.8 Å². The van der Waals surface area contributed by atoms with Crippen molar-refractivity contribution in [3.05, 3.63) is 59.7 Å². The fourth-order valence-corrected chi connectivity index (χ4v) is 4.02. The number of nitrogens with two attached hydrogens (primary N) is 1. The number of nitrogens with zero attached hydrogens (tertiary/aromatic N) is 3. The van der Waals surface area contributed by atoms with Gasteiger partial charge < -0.3 is 19.4 Å². The maximum absolute atomic E-state index is 13.6. The van der Waals surface area contributed by atoms with Gasteiger partial charge in [-0.2, -0.15) is 0 Å². The maximum atomic E-state index is 13.6. The molecule has 0 radical (unpaired) electrons. The first kappa shape index (κ1) is 19.2. The number of fused-ring (bicyclic) bond motifs is 1. The van der Waals surface area contributed by atoms with Crippen LogP contribution < -0.4 is 15.4 Å². The molecule has 4 rings (SSSR count). The molecular formula is C21H24N4O4. The Bertz CT molecular complexity index is 951. The molecule has 0 spiro atoms. The van der Waals surface area contributed by atoms with Crippen molar-refractivity contribution in [1.29, 1.82) is 0 Å². The second kappa shape index (κ2) is 7.06. The molecule has 2 aliphatic heterocycles. The number of hydrogen-bond donors (Lipinski definition) is 1. The van der Waals surface area contributed by atoms with Gasteiger partial charge in [-0.1, -0.05) is 41.5 Å². The van der Waals surface area contributed by atoms with Crippen LogP contribution in [0.1, 0.15) is 18.1 Å². The first-order chi connectivity index (χ1) is 13.9. The zero-order valence-corrected chi connectivity index (χ0v) is 16.7. The molecule has 1 amide bonds. The summed E-state index contributed by atoms with van der Waals surface area (Å²) in [5.74, 6) is -0.176. The maximum Gasteiger partial charge on any atom is 0.322 e. The molecule has 2 heterocycles. The molecule has 152 valence electrons. The predicted molar refractivity (Wildman–Crippen MR) is 107 cm³/mol. The van der Waals surface area contributed by atoms with Crippen molar-refractivity contribution in [3.63, 3.8) is 0 Å². The number of likely N-dealkylation sites (N-methyl/N-ethyl adjacent to an activating group) is 2. The summed E-state index contributed by atoms with van der Waals surface area (Å²) < 4.78 is 5.86. The SMILES string of the molecule is CC(=O)ON1C(N)N(C)C(=O)C1(c1ccccc1)c1ccc2c(c1)OCCN2C. The number of benzene rings is 2. The second-order valence-corrected chi connectivity index (χ2v) is 7.27. The largest absolute Gasteiger partial charge is 0.490 e. The van der Waals surface area contributed by atoms with Gasteiger partial charge in [0.2, 0.25) is 0 Å². The van der Waals surface area contributed by atoms with Crippen molar-refractivity contribution in [2.75, 3.05) is 32.1 Å². The summed E-state index contributed by atoms with van der Waals surface area (Å²) in [5.41, 5.74) is 7.06. The highest BCUT2D eigenvalue weighted by atomic mass is 16.7. The minimum atomic E-state index is -1.42. The number of carbonyl (C=O) groups is 2. The fraction of sp³-hybridized carbons (Fsp3) is 0.333. The first-order valence-electron chi connectivity index (χ1n) is 9.42. The second-order valence-electron chi connectivity index (χ2n) is 7.27. The van der Waals surface area contributed by atoms with E-state index in [1.54, 1.807) is 7.05 Å². The van der Waals surface area contributed by atoms with Crippen LogP contribution in [0, 0.1) is 0 Å². The fourth-order valence-electron chi connectivity index (χ4n) is 4.02. The average molecular weight is 396 g/mol. The smallest absolute Gasteiger partial charge is 0.322 e. The van der Waals surface area contributed by atoms with E-state index in [1.165, 1.54) is 16.9 Å². The zero-order chi connectivity index (χ0) is 20.8. The van der Waals surface area contributed by atoms with E-state index in [-0.39, 0.29) is 5.91 Å². The molecular weight excluding hydrogens is 372 g/mol. The van der Waals surface area contributed by atoms with Crippen molar-refractivity contribution in [1.82, 2.24) is 9.96 Å². The Morgan fingerprint density at radius 3 is 2.59 bits per heavy atom. The van der Waals surface area contributed by atoms with Crippen LogP contribution >= 0.6 is 0 Å². The minimum Gasteiger partial charge on any atom is -0.490 e. The van der Waals surface area contributed by atoms with Crippen LogP contribution in [-0.2, 0) is 20.0 Å². The zero-order valence-electron chi connectivity index (χ0n) is 16.7. The highest BCUT2D eigenvalue weighted by molar-refractivity contribution is 5.94. The van der Waals surface area contributed by atoms with Crippen molar-refractivity contribution in [2.24, 2.45) is 5.73 Å². The summed E-state index contributed by atoms with van der Waals surface area (Å²) in [5, 5.41) is 1.28. The molecule has 8 nitrogen and oxygen atoms in total. The molecule has 2 aromatic carbocycles. The van der Waals surface area contributed by atoms with Gasteiger partial charge in [-0.3, -0.25) is 15.3 Å². The Morgan fingerprint density at radius 1 is 1.17 bits per heavy atom. The summed E-state index contributed by atoms with van der Waals surface area (Å²) in [7, 11) is 3.58. The number of ether oxygens (including phenoxy) is 1. The van der Waals surface area contributed by atoms with Crippen molar-refractivity contribution in [3.8, 4) is 5.75 Å². The van der Waals surface area contributed by atoms with E-state index in [0.717, 1.165) is 12.2 Å². The molecule has 0 aromatic heterocycles. The van der Waals surface area contributed by atoms with Gasteiger partial charge in [0, 0.05) is 21.0 Å². The van der Waals surface area contributed by atoms with Crippen molar-refractivity contribution >= 4 is 17.6 Å². The third-order valence-electron chi connectivity index (χ3n) is 5.49. The lowest BCUT2D eigenvalue weighted by Gasteiger charge is -2.36. The van der Waals surface area contributed by atoms with Gasteiger partial charge in [-0.15, -0.1) is 0 Å². The number of hydroxylamine groups is 2. The van der Waals surface area contributed by atoms with E-state index in [0.29, 0.717) is 23.5 Å². The van der Waals surface area contributed by atoms with Gasteiger partial charge >= 0.3 is 5.97 Å². The Kier molecular flexibility index (Phi) is 4.68. The molecule has 2 aromatic rings. The minimum absolute atomic E-state index is 0.290. The van der Waals surface area contributed by atoms with Crippen molar-refractivity contribution < 1.29 is 19.2 Å². The first-order valence-corrected chi connectivity index (χ1v) is 9.42. The average Bonchev–Trinajstić information content (AvgIpc) is 2.90. The van der Waals surface area contributed by atoms with E-state index >= 15 is 0 Å². The summed E-state index contributed by atoms with van der Waals surface area (Å²) in [6.45, 7) is 2.62. The molecule has 0 aliphatic carbocycles. The van der Waals surface area contributed by atoms with E-state index in [4.69, 9.17) is 15.3 Å². The van der Waals surface area contributed by atoms with Gasteiger partial charge in [-0.25, -0.2) is 0 Å². The van der Waals surface area contributed by atoms with E-state index in [2.05, 4.69) is 4.90 Å². The lowest BCUT2D eigenvalue weighted by atomic mass is 9.82. The molecule has 0 saturated carbocycles. The molecule has 0 bridgehead atoms. The van der Waals surface area contributed by atoms with Crippen LogP contribution in [0.25, 0.3) is 0 Å². The summed E-state index contributed by atoms with van der Waals surface area (Å²) in [4.78, 5) is 34.5. The molecule has 2 N–H and O–H groups in total. The third-order valence-corrected chi connectivity index (χ3v) is 5.49. The molecule has 1 fully saturated rings. The topological polar surface area (TPSA) is 88.3 Å². The lowest BCUT2D eigenvalue weighted by Crippen LogP contribution is -2.52. The van der Waals surface area contributed by atoms with Crippen LogP contribution in [0.15, 0.2) is 48.5 Å². The Morgan fingerprint density at radius 2 is 1.90 bits per heavy atom. The number of carbonyl (C=O) groups excluding carboxylic acids is 2. The summed E-state index contributed by atoms with van der Waals surface area (Å²) >= 11 is 0. The highest BCUT2D eigenvalue weighted by Crippen LogP contribution is 2.46. The number of anilines is 1. The Labute approximate surface area is 169 Å². The van der Waals surface area contributed by atoms with Crippen LogP contribution in [0.2, 0.25) is 0 Å². The lowest BCUT2D eigenvalue weighted by molar-refractivity contribution is -0.221. The monoisotopic (exact) mass is 396 g/mol. The summed E-state index contributed by atoms with van der Waals surface area (Å²) in [6.07, 6.45) is -0.939. The predicted octanol–water partition coefficient (Wildman–Crippen LogP) is 1.25. The Balaban J connectivity index is 1.97. The molecule has 8 heteroatoms. The summed E-state index contributed by atoms with van der Waals surface area (Å²) in [6, 6.07) is 14.8. The van der Waals surface area contributed by atoms with Gasteiger partial charge in [0.05, 0.1) is 12.2 Å². The molecule has 2 unspecified atom stereocenters. The molecule has 29 heavy (non-hydrogen) atoms. The standard InChI is InChI=1S/C21H24N4O4/c1-14(26)29-25-20(22)24(3)19(27)21(25,15-7-5-4-6-8-15)16-9-10-17-18(13-16)28-12-11-23(17)2/h4-10,13,20H,11-12,22H2,1-3H3. The molecule has 1 saturated heterocycles. The van der Waals surface area contributed by atoms with Crippen LogP contribution in [0.3, 0.4) is 0 Å². The number of rotatable bonds is 3. The molecule has 2 aliphatic rings. The van der Waals surface area contributed by atoms with Crippen LogP contribution in [0.4, 0.5) is 5.69 Å². The van der Waals surface area contributed by atoms with Crippen LogP contribution in [-0.4, -0.2) is 55.4 Å². The van der Waals surface area contributed by atoms with Gasteiger partial charge in [-0.05, 0) is 23.3 Å². The van der Waals surface area contributed by atoms with E-state index in [1.807, 2.05) is 55.6 Å². The Hall–Kier alpha value is -3.10. The number of hydrogen-bond acceptors (Lipinski definition) is 7.